The van der Waals surface area contributed by atoms with Crippen molar-refractivity contribution in [3.63, 3.8) is 0 Å². The van der Waals surface area contributed by atoms with Crippen LogP contribution in [0.4, 0.5) is 0 Å². The van der Waals surface area contributed by atoms with Crippen molar-refractivity contribution in [2.75, 3.05) is 32.8 Å². The molecule has 1 N–H and O–H groups in total. The lowest BCUT2D eigenvalue weighted by Gasteiger charge is -2.39. The summed E-state index contributed by atoms with van der Waals surface area (Å²) in [6.07, 6.45) is 7.18. The van der Waals surface area contributed by atoms with Crippen molar-refractivity contribution in [1.29, 1.82) is 0 Å². The second-order valence-electron chi connectivity index (χ2n) is 9.39. The number of hydrogen-bond acceptors (Lipinski definition) is 5. The molecule has 1 amide bonds. The van der Waals surface area contributed by atoms with Gasteiger partial charge in [0, 0.05) is 43.2 Å². The first-order chi connectivity index (χ1) is 15.0. The third-order valence-electron chi connectivity index (χ3n) is 6.85. The normalized spacial score (nSPS) is 25.1. The molecule has 1 saturated heterocycles. The van der Waals surface area contributed by atoms with Crippen molar-refractivity contribution in [1.82, 2.24) is 24.8 Å². The molecular formula is C24H37N5O2. The largest absolute Gasteiger partial charge is 0.381 e. The topological polar surface area (TPSA) is 71.8 Å². The molecule has 1 aliphatic heterocycles. The molecule has 4 rings (SSSR count). The summed E-state index contributed by atoms with van der Waals surface area (Å²) in [5, 5.41) is 7.84. The molecule has 1 saturated carbocycles. The van der Waals surface area contributed by atoms with Crippen LogP contribution in [0.3, 0.4) is 0 Å². The molecule has 7 nitrogen and oxygen atoms in total. The van der Waals surface area contributed by atoms with Crippen LogP contribution in [0.1, 0.15) is 67.3 Å². The van der Waals surface area contributed by atoms with E-state index in [2.05, 4.69) is 27.2 Å². The number of nitrogens with one attached hydrogen (secondary N) is 1. The number of ether oxygens (including phenoxy) is 1. The molecule has 1 aliphatic carbocycles. The van der Waals surface area contributed by atoms with Gasteiger partial charge < -0.3 is 15.0 Å². The number of amides is 1. The zero-order valence-corrected chi connectivity index (χ0v) is 19.3. The summed E-state index contributed by atoms with van der Waals surface area (Å²) >= 11 is 0. The summed E-state index contributed by atoms with van der Waals surface area (Å²) in [5.41, 5.74) is 3.12. The fourth-order valence-electron chi connectivity index (χ4n) is 5.33. The lowest BCUT2D eigenvalue weighted by Crippen LogP contribution is -2.48. The van der Waals surface area contributed by atoms with Crippen molar-refractivity contribution >= 4 is 11.6 Å². The van der Waals surface area contributed by atoms with E-state index in [1.807, 2.05) is 19.9 Å². The summed E-state index contributed by atoms with van der Waals surface area (Å²) in [6.45, 7) is 11.0. The van der Waals surface area contributed by atoms with Gasteiger partial charge in [0.1, 0.15) is 0 Å². The number of likely N-dealkylation sites (tertiary alicyclic amines) is 1. The van der Waals surface area contributed by atoms with Gasteiger partial charge in [-0.2, -0.15) is 5.10 Å². The van der Waals surface area contributed by atoms with Crippen LogP contribution in [-0.4, -0.2) is 64.3 Å². The third-order valence-corrected chi connectivity index (χ3v) is 6.85. The van der Waals surface area contributed by atoms with Crippen LogP contribution < -0.4 is 5.32 Å². The average molecular weight is 428 g/mol. The molecule has 2 aromatic heterocycles. The van der Waals surface area contributed by atoms with E-state index in [-0.39, 0.29) is 11.9 Å². The number of carbonyl (C=O) groups is 1. The highest BCUT2D eigenvalue weighted by atomic mass is 16.5. The lowest BCUT2D eigenvalue weighted by atomic mass is 9.83. The van der Waals surface area contributed by atoms with Crippen LogP contribution in [0.5, 0.6) is 0 Å². The standard InChI is InChI=1S/C24H37N5O2/c1-4-31-16-19-8-7-11-28(14-19)15-20-9-5-6-10-21(20)26-24(30)22-13-23-25-17(2)12-18(3)29(23)27-22/h12-13,19-21H,4-11,14-16H2,1-3H3,(H,26,30)/t19-,20-,21+/m1/s1. The van der Waals surface area contributed by atoms with Crippen LogP contribution in [0, 0.1) is 25.7 Å². The molecule has 7 heteroatoms. The molecule has 0 aromatic carbocycles. The van der Waals surface area contributed by atoms with Crippen LogP contribution in [0.15, 0.2) is 12.1 Å². The maximum absolute atomic E-state index is 13.0. The Bertz CT molecular complexity index is 895. The molecule has 0 radical (unpaired) electrons. The Morgan fingerprint density at radius 1 is 1.19 bits per heavy atom. The fraction of sp³-hybridized carbons (Fsp3) is 0.708. The highest BCUT2D eigenvalue weighted by molar-refractivity contribution is 5.93. The Kier molecular flexibility index (Phi) is 7.23. The van der Waals surface area contributed by atoms with Crippen LogP contribution in [0.2, 0.25) is 0 Å². The molecule has 3 atom stereocenters. The second kappa shape index (κ2) is 10.1. The van der Waals surface area contributed by atoms with Gasteiger partial charge in [-0.25, -0.2) is 9.50 Å². The van der Waals surface area contributed by atoms with Crippen LogP contribution in [0.25, 0.3) is 5.65 Å². The van der Waals surface area contributed by atoms with Gasteiger partial charge in [0.05, 0.1) is 6.61 Å². The van der Waals surface area contributed by atoms with Gasteiger partial charge in [-0.3, -0.25) is 4.79 Å². The van der Waals surface area contributed by atoms with E-state index in [1.165, 1.54) is 32.1 Å². The number of nitrogens with zero attached hydrogens (tertiary/aromatic N) is 4. The first kappa shape index (κ1) is 22.2. The van der Waals surface area contributed by atoms with E-state index >= 15 is 0 Å². The number of rotatable bonds is 7. The first-order valence-electron chi connectivity index (χ1n) is 12.0. The smallest absolute Gasteiger partial charge is 0.272 e. The maximum Gasteiger partial charge on any atom is 0.272 e. The number of fused-ring (bicyclic) bond motifs is 1. The van der Waals surface area contributed by atoms with E-state index in [4.69, 9.17) is 4.74 Å². The highest BCUT2D eigenvalue weighted by Gasteiger charge is 2.30. The van der Waals surface area contributed by atoms with Crippen LogP contribution in [-0.2, 0) is 4.74 Å². The number of piperidine rings is 1. The molecular weight excluding hydrogens is 390 g/mol. The van der Waals surface area contributed by atoms with Crippen LogP contribution >= 0.6 is 0 Å². The third kappa shape index (κ3) is 5.44. The quantitative estimate of drug-likeness (QED) is 0.733. The molecule has 2 aliphatic rings. The summed E-state index contributed by atoms with van der Waals surface area (Å²) < 4.78 is 7.43. The molecule has 170 valence electrons. The Morgan fingerprint density at radius 2 is 2.03 bits per heavy atom. The summed E-state index contributed by atoms with van der Waals surface area (Å²) in [5.74, 6) is 1.07. The van der Waals surface area contributed by atoms with E-state index in [1.54, 1.807) is 10.6 Å². The van der Waals surface area contributed by atoms with Crippen molar-refractivity contribution in [2.45, 2.75) is 65.3 Å². The molecule has 3 heterocycles. The zero-order valence-electron chi connectivity index (χ0n) is 19.3. The SMILES string of the molecule is CCOC[C@@H]1CCCN(C[C@H]2CCCC[C@@H]2NC(=O)c2cc3nc(C)cc(C)n3n2)C1. The molecule has 31 heavy (non-hydrogen) atoms. The summed E-state index contributed by atoms with van der Waals surface area (Å²) in [7, 11) is 0. The monoisotopic (exact) mass is 427 g/mol. The van der Waals surface area contributed by atoms with Crippen molar-refractivity contribution in [2.24, 2.45) is 11.8 Å². The fourth-order valence-corrected chi connectivity index (χ4v) is 5.33. The zero-order chi connectivity index (χ0) is 21.8. The van der Waals surface area contributed by atoms with Gasteiger partial charge in [0.25, 0.3) is 5.91 Å². The van der Waals surface area contributed by atoms with Gasteiger partial charge in [0.15, 0.2) is 11.3 Å². The van der Waals surface area contributed by atoms with E-state index < -0.39 is 0 Å². The first-order valence-corrected chi connectivity index (χ1v) is 12.0. The van der Waals surface area contributed by atoms with Gasteiger partial charge in [-0.1, -0.05) is 12.8 Å². The molecule has 2 aromatic rings. The number of aromatic nitrogens is 3. The Morgan fingerprint density at radius 3 is 2.87 bits per heavy atom. The van der Waals surface area contributed by atoms with Gasteiger partial charge >= 0.3 is 0 Å². The van der Waals surface area contributed by atoms with Crippen molar-refractivity contribution < 1.29 is 9.53 Å². The number of hydrogen-bond donors (Lipinski definition) is 1. The molecule has 2 fully saturated rings. The van der Waals surface area contributed by atoms with Gasteiger partial charge in [-0.05, 0) is 70.9 Å². The minimum Gasteiger partial charge on any atom is -0.381 e. The predicted octanol–water partition coefficient (Wildman–Crippen LogP) is 3.38. The Labute approximate surface area is 185 Å². The predicted molar refractivity (Wildman–Crippen MR) is 121 cm³/mol. The number of carbonyl (C=O) groups excluding carboxylic acids is 1. The Balaban J connectivity index is 1.39. The number of aryl methyl sites for hydroxylation is 2. The molecule has 0 unspecified atom stereocenters. The van der Waals surface area contributed by atoms with E-state index in [0.717, 1.165) is 56.3 Å². The van der Waals surface area contributed by atoms with Crippen molar-refractivity contribution in [3.05, 3.63) is 29.2 Å². The minimum atomic E-state index is -0.0766. The van der Waals surface area contributed by atoms with Crippen molar-refractivity contribution in [3.8, 4) is 0 Å². The Hall–Kier alpha value is -1.99. The molecule has 0 bridgehead atoms. The minimum absolute atomic E-state index is 0.0766. The van der Waals surface area contributed by atoms with Gasteiger partial charge in [0.2, 0.25) is 0 Å². The maximum atomic E-state index is 13.0. The van der Waals surface area contributed by atoms with E-state index in [9.17, 15) is 4.79 Å². The summed E-state index contributed by atoms with van der Waals surface area (Å²) in [4.78, 5) is 20.2. The lowest BCUT2D eigenvalue weighted by molar-refractivity contribution is 0.0547. The molecule has 0 spiro atoms. The van der Waals surface area contributed by atoms with E-state index in [0.29, 0.717) is 17.5 Å². The second-order valence-corrected chi connectivity index (χ2v) is 9.39. The average Bonchev–Trinajstić information content (AvgIpc) is 3.18. The summed E-state index contributed by atoms with van der Waals surface area (Å²) in [6, 6.07) is 4.00. The highest BCUT2D eigenvalue weighted by Crippen LogP contribution is 2.27. The van der Waals surface area contributed by atoms with Gasteiger partial charge in [-0.15, -0.1) is 0 Å².